The minimum absolute atomic E-state index is 0.341. The summed E-state index contributed by atoms with van der Waals surface area (Å²) in [5, 5.41) is 8.64. The first kappa shape index (κ1) is 9.28. The molecule has 0 aromatic carbocycles. The number of hydrogen-bond acceptors (Lipinski definition) is 3. The second kappa shape index (κ2) is 3.28. The Hall–Kier alpha value is -0.810. The van der Waals surface area contributed by atoms with Crippen LogP contribution in [0.5, 0.6) is 0 Å². The van der Waals surface area contributed by atoms with Gasteiger partial charge in [0.2, 0.25) is 0 Å². The molecule has 1 aliphatic rings. The van der Waals surface area contributed by atoms with Crippen molar-refractivity contribution >= 4 is 6.09 Å². The Bertz CT molecular complexity index is 175. The van der Waals surface area contributed by atoms with E-state index in [4.69, 9.17) is 16.6 Å². The number of hydrogen-bond donors (Lipinski definition) is 3. The summed E-state index contributed by atoms with van der Waals surface area (Å²) in [6.45, 7) is 1.44. The van der Waals surface area contributed by atoms with Crippen LogP contribution in [0.15, 0.2) is 0 Å². The molecule has 0 radical (unpaired) electrons. The highest BCUT2D eigenvalue weighted by molar-refractivity contribution is 5.65. The summed E-state index contributed by atoms with van der Waals surface area (Å²) < 4.78 is 0. The van der Waals surface area contributed by atoms with Crippen molar-refractivity contribution in [3.8, 4) is 0 Å². The second-order valence-corrected chi connectivity index (χ2v) is 3.34. The van der Waals surface area contributed by atoms with Gasteiger partial charge in [0, 0.05) is 25.2 Å². The largest absolute Gasteiger partial charge is 0.465 e. The number of carboxylic acid groups (broad SMARTS) is 1. The number of nitrogens with zero attached hydrogens (tertiary/aromatic N) is 1. The Labute approximate surface area is 71.3 Å². The van der Waals surface area contributed by atoms with E-state index in [1.165, 1.54) is 4.90 Å². The van der Waals surface area contributed by atoms with Crippen molar-refractivity contribution in [3.05, 3.63) is 0 Å². The van der Waals surface area contributed by atoms with Crippen LogP contribution in [0.1, 0.15) is 12.8 Å². The standard InChI is InChI=1S/C7H15N3O2/c8-5-7(9)1-3-10(4-2-7)6(11)12/h1-5,8-9H2,(H,11,12). The first-order chi connectivity index (χ1) is 5.57. The van der Waals surface area contributed by atoms with Gasteiger partial charge in [0.25, 0.3) is 0 Å². The Balaban J connectivity index is 2.44. The molecule has 0 aromatic rings. The minimum atomic E-state index is -0.867. The molecule has 0 spiro atoms. The van der Waals surface area contributed by atoms with Gasteiger partial charge >= 0.3 is 6.09 Å². The van der Waals surface area contributed by atoms with Gasteiger partial charge < -0.3 is 21.5 Å². The lowest BCUT2D eigenvalue weighted by Gasteiger charge is -2.37. The van der Waals surface area contributed by atoms with Crippen LogP contribution in [0.25, 0.3) is 0 Å². The lowest BCUT2D eigenvalue weighted by molar-refractivity contribution is 0.119. The van der Waals surface area contributed by atoms with Gasteiger partial charge in [-0.25, -0.2) is 4.79 Å². The van der Waals surface area contributed by atoms with Crippen molar-refractivity contribution in [2.24, 2.45) is 11.5 Å². The topological polar surface area (TPSA) is 92.6 Å². The van der Waals surface area contributed by atoms with Crippen LogP contribution in [0.3, 0.4) is 0 Å². The summed E-state index contributed by atoms with van der Waals surface area (Å²) in [6.07, 6.45) is 0.458. The molecule has 0 unspecified atom stereocenters. The fourth-order valence-corrected chi connectivity index (χ4v) is 1.35. The molecule has 0 bridgehead atoms. The molecule has 5 heteroatoms. The Morgan fingerprint density at radius 2 is 2.00 bits per heavy atom. The molecular weight excluding hydrogens is 158 g/mol. The predicted molar refractivity (Wildman–Crippen MR) is 44.8 cm³/mol. The maximum atomic E-state index is 10.5. The van der Waals surface area contributed by atoms with Gasteiger partial charge in [-0.2, -0.15) is 0 Å². The molecule has 1 fully saturated rings. The Kier molecular flexibility index (Phi) is 2.54. The van der Waals surface area contributed by atoms with E-state index in [-0.39, 0.29) is 5.54 Å². The molecule has 0 aromatic heterocycles. The third kappa shape index (κ3) is 1.86. The second-order valence-electron chi connectivity index (χ2n) is 3.34. The quantitative estimate of drug-likeness (QED) is 0.494. The molecule has 1 amide bonds. The average Bonchev–Trinajstić information content (AvgIpc) is 2.05. The lowest BCUT2D eigenvalue weighted by Crippen LogP contribution is -2.55. The van der Waals surface area contributed by atoms with Crippen molar-refractivity contribution in [1.82, 2.24) is 4.90 Å². The molecule has 5 N–H and O–H groups in total. The molecule has 1 heterocycles. The molecular formula is C7H15N3O2. The summed E-state index contributed by atoms with van der Waals surface area (Å²) in [6, 6.07) is 0. The van der Waals surface area contributed by atoms with Crippen LogP contribution in [0.4, 0.5) is 4.79 Å². The van der Waals surface area contributed by atoms with Crippen LogP contribution >= 0.6 is 0 Å². The number of carbonyl (C=O) groups is 1. The average molecular weight is 173 g/mol. The highest BCUT2D eigenvalue weighted by atomic mass is 16.4. The highest BCUT2D eigenvalue weighted by Gasteiger charge is 2.30. The van der Waals surface area contributed by atoms with E-state index in [9.17, 15) is 4.79 Å². The molecule has 1 saturated heterocycles. The molecule has 1 aliphatic heterocycles. The smallest absolute Gasteiger partial charge is 0.407 e. The fourth-order valence-electron chi connectivity index (χ4n) is 1.35. The van der Waals surface area contributed by atoms with E-state index in [1.54, 1.807) is 0 Å². The van der Waals surface area contributed by atoms with Crippen molar-refractivity contribution in [2.45, 2.75) is 18.4 Å². The first-order valence-corrected chi connectivity index (χ1v) is 4.04. The number of piperidine rings is 1. The summed E-state index contributed by atoms with van der Waals surface area (Å²) in [5.41, 5.74) is 11.0. The van der Waals surface area contributed by atoms with E-state index in [0.29, 0.717) is 32.5 Å². The normalized spacial score (nSPS) is 22.3. The van der Waals surface area contributed by atoms with E-state index in [0.717, 1.165) is 0 Å². The van der Waals surface area contributed by atoms with Crippen LogP contribution < -0.4 is 11.5 Å². The minimum Gasteiger partial charge on any atom is -0.465 e. The third-order valence-electron chi connectivity index (χ3n) is 2.44. The van der Waals surface area contributed by atoms with Crippen molar-refractivity contribution in [1.29, 1.82) is 0 Å². The zero-order valence-electron chi connectivity index (χ0n) is 6.99. The summed E-state index contributed by atoms with van der Waals surface area (Å²) >= 11 is 0. The maximum Gasteiger partial charge on any atom is 0.407 e. The first-order valence-electron chi connectivity index (χ1n) is 4.04. The van der Waals surface area contributed by atoms with Gasteiger partial charge in [-0.3, -0.25) is 0 Å². The fraction of sp³-hybridized carbons (Fsp3) is 0.857. The van der Waals surface area contributed by atoms with Crippen LogP contribution in [-0.4, -0.2) is 41.3 Å². The summed E-state index contributed by atoms with van der Waals surface area (Å²) in [4.78, 5) is 11.9. The number of amides is 1. The monoisotopic (exact) mass is 173 g/mol. The SMILES string of the molecule is NCC1(N)CCN(C(=O)O)CC1. The van der Waals surface area contributed by atoms with Crippen LogP contribution in [-0.2, 0) is 0 Å². The molecule has 0 atom stereocenters. The highest BCUT2D eigenvalue weighted by Crippen LogP contribution is 2.17. The predicted octanol–water partition coefficient (Wildman–Crippen LogP) is -0.584. The Morgan fingerprint density at radius 3 is 2.33 bits per heavy atom. The number of likely N-dealkylation sites (tertiary alicyclic amines) is 1. The van der Waals surface area contributed by atoms with Gasteiger partial charge in [0.05, 0.1) is 0 Å². The molecule has 5 nitrogen and oxygen atoms in total. The van der Waals surface area contributed by atoms with Gasteiger partial charge in [-0.05, 0) is 12.8 Å². The maximum absolute atomic E-state index is 10.5. The third-order valence-corrected chi connectivity index (χ3v) is 2.44. The van der Waals surface area contributed by atoms with Gasteiger partial charge in [0.15, 0.2) is 0 Å². The van der Waals surface area contributed by atoms with Crippen molar-refractivity contribution < 1.29 is 9.90 Å². The summed E-state index contributed by atoms with van der Waals surface area (Å²) in [5.74, 6) is 0. The summed E-state index contributed by atoms with van der Waals surface area (Å²) in [7, 11) is 0. The van der Waals surface area contributed by atoms with Gasteiger partial charge in [-0.15, -0.1) is 0 Å². The molecule has 0 aliphatic carbocycles. The zero-order chi connectivity index (χ0) is 9.19. The van der Waals surface area contributed by atoms with Crippen molar-refractivity contribution in [3.63, 3.8) is 0 Å². The molecule has 12 heavy (non-hydrogen) atoms. The van der Waals surface area contributed by atoms with E-state index in [2.05, 4.69) is 0 Å². The van der Waals surface area contributed by atoms with Crippen LogP contribution in [0.2, 0.25) is 0 Å². The van der Waals surface area contributed by atoms with E-state index in [1.807, 2.05) is 0 Å². The van der Waals surface area contributed by atoms with E-state index >= 15 is 0 Å². The molecule has 1 rings (SSSR count). The van der Waals surface area contributed by atoms with Gasteiger partial charge in [-0.1, -0.05) is 0 Å². The van der Waals surface area contributed by atoms with Gasteiger partial charge in [0.1, 0.15) is 0 Å². The lowest BCUT2D eigenvalue weighted by atomic mass is 9.89. The van der Waals surface area contributed by atoms with E-state index < -0.39 is 6.09 Å². The van der Waals surface area contributed by atoms with Crippen LogP contribution in [0, 0.1) is 0 Å². The number of nitrogens with two attached hydrogens (primary N) is 2. The van der Waals surface area contributed by atoms with Crippen molar-refractivity contribution in [2.75, 3.05) is 19.6 Å². The number of rotatable bonds is 1. The Morgan fingerprint density at radius 1 is 1.50 bits per heavy atom. The molecule has 0 saturated carbocycles. The zero-order valence-corrected chi connectivity index (χ0v) is 6.99. The molecule has 70 valence electrons.